The van der Waals surface area contributed by atoms with Gasteiger partial charge in [-0.25, -0.2) is 24.1 Å². The molecule has 39 heavy (non-hydrogen) atoms. The molecule has 6 heterocycles. The van der Waals surface area contributed by atoms with E-state index in [1.54, 1.807) is 23.3 Å². The molecule has 4 aromatic rings. The molecule has 3 N–H and O–H groups in total. The van der Waals surface area contributed by atoms with Crippen LogP contribution in [0.1, 0.15) is 24.6 Å². The van der Waals surface area contributed by atoms with Crippen molar-refractivity contribution < 1.29 is 27.5 Å². The SMILES string of the molecule is N[C@@H]1c2c(F)cnn2CC12CCN(c1cnc(Sc3ccn4ccnc4c3Cl)cn1)CC2.O=C(O)C(F)(F)F. The third-order valence-electron chi connectivity index (χ3n) is 6.87. The maximum atomic E-state index is 14.1. The van der Waals surface area contributed by atoms with Gasteiger partial charge in [-0.15, -0.1) is 0 Å². The summed E-state index contributed by atoms with van der Waals surface area (Å²) < 4.78 is 49.4. The Hall–Kier alpha value is -3.43. The Morgan fingerprint density at radius 1 is 1.15 bits per heavy atom. The summed E-state index contributed by atoms with van der Waals surface area (Å²) in [6.07, 6.45) is 6.95. The fourth-order valence-electron chi connectivity index (χ4n) is 4.80. The highest BCUT2D eigenvalue weighted by atomic mass is 35.5. The molecule has 6 rings (SSSR count). The number of hydrogen-bond donors (Lipinski definition) is 2. The van der Waals surface area contributed by atoms with Gasteiger partial charge in [0.05, 0.1) is 35.3 Å². The number of imidazole rings is 1. The molecule has 16 heteroatoms. The lowest BCUT2D eigenvalue weighted by Gasteiger charge is -2.41. The number of halogens is 5. The number of pyridine rings is 1. The third kappa shape index (κ3) is 5.25. The Morgan fingerprint density at radius 2 is 1.87 bits per heavy atom. The molecule has 10 nitrogen and oxygen atoms in total. The largest absolute Gasteiger partial charge is 0.490 e. The number of piperidine rings is 1. The van der Waals surface area contributed by atoms with Crippen LogP contribution in [0.2, 0.25) is 5.02 Å². The quantitative estimate of drug-likeness (QED) is 0.341. The summed E-state index contributed by atoms with van der Waals surface area (Å²) in [6, 6.07) is 1.62. The van der Waals surface area contributed by atoms with Crippen LogP contribution in [0, 0.1) is 11.2 Å². The molecule has 0 bridgehead atoms. The van der Waals surface area contributed by atoms with Crippen LogP contribution in [-0.2, 0) is 11.3 Å². The van der Waals surface area contributed by atoms with Crippen molar-refractivity contribution in [2.75, 3.05) is 18.0 Å². The number of nitrogens with zero attached hydrogens (tertiary/aromatic N) is 7. The Bertz CT molecular complexity index is 1500. The van der Waals surface area contributed by atoms with Crippen LogP contribution < -0.4 is 10.6 Å². The van der Waals surface area contributed by atoms with Gasteiger partial charge in [-0.05, 0) is 18.9 Å². The second-order valence-electron chi connectivity index (χ2n) is 9.13. The zero-order valence-electron chi connectivity index (χ0n) is 20.0. The first-order valence-corrected chi connectivity index (χ1v) is 12.8. The van der Waals surface area contributed by atoms with E-state index >= 15 is 0 Å². The van der Waals surface area contributed by atoms with Crippen LogP contribution in [0.25, 0.3) is 5.65 Å². The van der Waals surface area contributed by atoms with Crippen molar-refractivity contribution in [3.05, 3.63) is 59.8 Å². The molecule has 2 aliphatic rings. The van der Waals surface area contributed by atoms with Gasteiger partial charge < -0.3 is 20.1 Å². The van der Waals surface area contributed by atoms with Crippen molar-refractivity contribution in [3.8, 4) is 0 Å². The molecule has 0 unspecified atom stereocenters. The number of anilines is 1. The van der Waals surface area contributed by atoms with Gasteiger partial charge in [0, 0.05) is 48.5 Å². The maximum absolute atomic E-state index is 14.1. The van der Waals surface area contributed by atoms with Gasteiger partial charge in [0.1, 0.15) is 10.8 Å². The van der Waals surface area contributed by atoms with Gasteiger partial charge in [0.25, 0.3) is 0 Å². The van der Waals surface area contributed by atoms with Crippen molar-refractivity contribution in [1.29, 1.82) is 0 Å². The topological polar surface area (TPSA) is 127 Å². The van der Waals surface area contributed by atoms with Crippen LogP contribution >= 0.6 is 23.4 Å². The van der Waals surface area contributed by atoms with E-state index in [0.29, 0.717) is 17.3 Å². The molecule has 0 aromatic carbocycles. The summed E-state index contributed by atoms with van der Waals surface area (Å²) in [7, 11) is 0. The zero-order chi connectivity index (χ0) is 27.9. The van der Waals surface area contributed by atoms with Crippen LogP contribution in [0.15, 0.2) is 53.2 Å². The standard InChI is InChI=1S/C21H20ClFN8S.C2HF3O2/c22-17-14(1-5-30-8-4-25-20(17)30)32-16-11-26-15(10-27-16)29-6-2-21(3-7-29)12-31-18(19(21)24)13(23)9-28-31;3-2(4,5)1(6)7/h1,4-5,8-11,19H,2-3,6-7,12,24H2;(H,6,7)/t19-;/m1./s1. The van der Waals surface area contributed by atoms with Crippen molar-refractivity contribution in [3.63, 3.8) is 0 Å². The number of nitrogens with two attached hydrogens (primary N) is 1. The smallest absolute Gasteiger partial charge is 0.475 e. The second-order valence-corrected chi connectivity index (χ2v) is 10.6. The van der Waals surface area contributed by atoms with Crippen molar-refractivity contribution in [2.45, 2.75) is 41.5 Å². The summed E-state index contributed by atoms with van der Waals surface area (Å²) in [5.74, 6) is -2.23. The second kappa shape index (κ2) is 10.3. The van der Waals surface area contributed by atoms with Crippen LogP contribution in [0.4, 0.5) is 23.4 Å². The lowest BCUT2D eigenvalue weighted by atomic mass is 9.73. The van der Waals surface area contributed by atoms with Crippen LogP contribution in [0.5, 0.6) is 0 Å². The first-order valence-electron chi connectivity index (χ1n) is 11.6. The van der Waals surface area contributed by atoms with E-state index in [9.17, 15) is 17.6 Å². The molecule has 206 valence electrons. The average Bonchev–Trinajstić information content (AvgIpc) is 3.59. The summed E-state index contributed by atoms with van der Waals surface area (Å²) in [4.78, 5) is 25.5. The Morgan fingerprint density at radius 3 is 2.49 bits per heavy atom. The Kier molecular flexibility index (Phi) is 7.15. The number of carboxylic acids is 1. The average molecular weight is 585 g/mol. The Balaban J connectivity index is 0.000000392. The molecule has 0 radical (unpaired) electrons. The van der Waals surface area contributed by atoms with Crippen LogP contribution in [-0.4, -0.2) is 59.5 Å². The van der Waals surface area contributed by atoms with Gasteiger partial charge in [-0.3, -0.25) is 4.68 Å². The molecule has 1 fully saturated rings. The number of alkyl halides is 3. The highest BCUT2D eigenvalue weighted by Gasteiger charge is 2.48. The summed E-state index contributed by atoms with van der Waals surface area (Å²) in [5.41, 5.74) is 7.56. The van der Waals surface area contributed by atoms with Gasteiger partial charge in [-0.2, -0.15) is 18.3 Å². The molecule has 0 amide bonds. The van der Waals surface area contributed by atoms with Crippen LogP contribution in [0.3, 0.4) is 0 Å². The van der Waals surface area contributed by atoms with Gasteiger partial charge in [0.15, 0.2) is 11.5 Å². The van der Waals surface area contributed by atoms with Gasteiger partial charge in [0.2, 0.25) is 0 Å². The number of rotatable bonds is 3. The van der Waals surface area contributed by atoms with E-state index in [0.717, 1.165) is 47.3 Å². The fraction of sp³-hybridized carbons (Fsp3) is 0.348. The van der Waals surface area contributed by atoms with Gasteiger partial charge in [-0.1, -0.05) is 23.4 Å². The number of aliphatic carboxylic acids is 1. The van der Waals surface area contributed by atoms with E-state index in [1.165, 1.54) is 18.0 Å². The van der Waals surface area contributed by atoms with E-state index in [4.69, 9.17) is 27.2 Å². The fourth-order valence-corrected chi connectivity index (χ4v) is 5.87. The first-order chi connectivity index (χ1) is 18.5. The predicted octanol–water partition coefficient (Wildman–Crippen LogP) is 4.20. The van der Waals surface area contributed by atoms with Crippen molar-refractivity contribution in [1.82, 2.24) is 29.1 Å². The number of hydrogen-bond acceptors (Lipinski definition) is 8. The first kappa shape index (κ1) is 27.1. The molecule has 1 spiro atoms. The molecule has 0 aliphatic carbocycles. The minimum Gasteiger partial charge on any atom is -0.475 e. The minimum absolute atomic E-state index is 0.146. The van der Waals surface area contributed by atoms with Gasteiger partial charge >= 0.3 is 12.1 Å². The molecular weight excluding hydrogens is 564 g/mol. The number of fused-ring (bicyclic) bond motifs is 2. The number of aromatic nitrogens is 6. The predicted molar refractivity (Wildman–Crippen MR) is 133 cm³/mol. The Labute approximate surface area is 227 Å². The highest BCUT2D eigenvalue weighted by Crippen LogP contribution is 2.48. The lowest BCUT2D eigenvalue weighted by Crippen LogP contribution is -2.45. The van der Waals surface area contributed by atoms with E-state index < -0.39 is 12.1 Å². The molecule has 1 saturated heterocycles. The molecular formula is C23H21ClF4N8O2S. The number of carboxylic acid groups (broad SMARTS) is 1. The summed E-state index contributed by atoms with van der Waals surface area (Å²) in [6.45, 7) is 2.26. The molecule has 2 aliphatic heterocycles. The monoisotopic (exact) mass is 584 g/mol. The van der Waals surface area contributed by atoms with Crippen molar-refractivity contribution in [2.24, 2.45) is 11.1 Å². The third-order valence-corrected chi connectivity index (χ3v) is 8.34. The zero-order valence-corrected chi connectivity index (χ0v) is 21.6. The maximum Gasteiger partial charge on any atom is 0.490 e. The molecule has 1 atom stereocenters. The normalized spacial score (nSPS) is 18.2. The number of carbonyl (C=O) groups is 1. The highest BCUT2D eigenvalue weighted by molar-refractivity contribution is 7.99. The van der Waals surface area contributed by atoms with E-state index in [-0.39, 0.29) is 17.3 Å². The summed E-state index contributed by atoms with van der Waals surface area (Å²) in [5, 5.41) is 12.6. The van der Waals surface area contributed by atoms with Crippen molar-refractivity contribution >= 4 is 40.8 Å². The molecule has 4 aromatic heterocycles. The van der Waals surface area contributed by atoms with E-state index in [1.807, 2.05) is 22.9 Å². The van der Waals surface area contributed by atoms with E-state index in [2.05, 4.69) is 25.0 Å². The molecule has 0 saturated carbocycles. The minimum atomic E-state index is -5.08. The lowest BCUT2D eigenvalue weighted by molar-refractivity contribution is -0.192. The summed E-state index contributed by atoms with van der Waals surface area (Å²) >= 11 is 7.95.